The summed E-state index contributed by atoms with van der Waals surface area (Å²) in [4.78, 5) is 21.1. The summed E-state index contributed by atoms with van der Waals surface area (Å²) in [5.41, 5.74) is 4.52. The number of halogens is 2. The van der Waals surface area contributed by atoms with E-state index in [1.165, 1.54) is 12.1 Å². The molecular weight excluding hydrogens is 211 g/mol. The Morgan fingerprint density at radius 2 is 2.07 bits per heavy atom. The van der Waals surface area contributed by atoms with Crippen LogP contribution in [-0.2, 0) is 9.59 Å². The van der Waals surface area contributed by atoms with Gasteiger partial charge in [0, 0.05) is 5.02 Å². The maximum absolute atomic E-state index is 13.0. The van der Waals surface area contributed by atoms with E-state index in [0.29, 0.717) is 0 Å². The van der Waals surface area contributed by atoms with E-state index in [2.05, 4.69) is 5.73 Å². The van der Waals surface area contributed by atoms with Gasteiger partial charge in [-0.15, -0.1) is 0 Å². The van der Waals surface area contributed by atoms with Crippen LogP contribution in [0.25, 0.3) is 0 Å². The minimum absolute atomic E-state index is 0.141. The van der Waals surface area contributed by atoms with Gasteiger partial charge >= 0.3 is 11.8 Å². The topological polar surface area (TPSA) is 72.2 Å². The summed E-state index contributed by atoms with van der Waals surface area (Å²) in [5.74, 6) is -2.99. The van der Waals surface area contributed by atoms with Crippen LogP contribution in [0.1, 0.15) is 0 Å². The molecule has 1 aromatic rings. The van der Waals surface area contributed by atoms with Gasteiger partial charge in [0.25, 0.3) is 0 Å². The molecule has 0 unspecified atom stereocenters. The lowest BCUT2D eigenvalue weighted by Crippen LogP contribution is -2.29. The summed E-state index contributed by atoms with van der Waals surface area (Å²) in [6.45, 7) is 0. The lowest BCUT2D eigenvalue weighted by atomic mass is 10.3. The summed E-state index contributed by atoms with van der Waals surface area (Å²) in [6.07, 6.45) is 0. The molecule has 14 heavy (non-hydrogen) atoms. The van der Waals surface area contributed by atoms with Crippen molar-refractivity contribution in [3.8, 4) is 0 Å². The Morgan fingerprint density at radius 3 is 2.57 bits per heavy atom. The average molecular weight is 217 g/mol. The number of primary amides is 1. The van der Waals surface area contributed by atoms with Gasteiger partial charge in [0.1, 0.15) is 5.82 Å². The molecular formula is C8H6ClFN2O2. The molecule has 0 aromatic heterocycles. The summed E-state index contributed by atoms with van der Waals surface area (Å²) in [6, 6.07) is 3.62. The lowest BCUT2D eigenvalue weighted by molar-refractivity contribution is -0.134. The van der Waals surface area contributed by atoms with Crippen LogP contribution in [0.5, 0.6) is 0 Å². The first kappa shape index (κ1) is 10.5. The van der Waals surface area contributed by atoms with Crippen LogP contribution in [0.15, 0.2) is 18.2 Å². The first-order valence-corrected chi connectivity index (χ1v) is 3.94. The molecule has 1 rings (SSSR count). The molecule has 0 saturated carbocycles. The molecule has 0 bridgehead atoms. The van der Waals surface area contributed by atoms with E-state index in [1.807, 2.05) is 5.32 Å². The van der Waals surface area contributed by atoms with Crippen molar-refractivity contribution in [1.29, 1.82) is 0 Å². The Bertz CT molecular complexity index is 395. The predicted molar refractivity (Wildman–Crippen MR) is 49.2 cm³/mol. The molecule has 0 fully saturated rings. The monoisotopic (exact) mass is 216 g/mol. The van der Waals surface area contributed by atoms with Gasteiger partial charge < -0.3 is 11.1 Å². The highest BCUT2D eigenvalue weighted by Crippen LogP contribution is 2.18. The van der Waals surface area contributed by atoms with Gasteiger partial charge in [-0.2, -0.15) is 0 Å². The smallest absolute Gasteiger partial charge is 0.313 e. The Hall–Kier alpha value is -1.62. The Kier molecular flexibility index (Phi) is 3.03. The van der Waals surface area contributed by atoms with Crippen LogP contribution in [0.3, 0.4) is 0 Å². The molecule has 0 atom stereocenters. The molecule has 0 aliphatic heterocycles. The van der Waals surface area contributed by atoms with Crippen LogP contribution in [-0.4, -0.2) is 11.8 Å². The van der Waals surface area contributed by atoms with E-state index in [0.717, 1.165) is 6.07 Å². The first-order chi connectivity index (χ1) is 6.50. The number of carbonyl (C=O) groups is 2. The van der Waals surface area contributed by atoms with Gasteiger partial charge in [-0.05, 0) is 18.2 Å². The van der Waals surface area contributed by atoms with Crippen LogP contribution in [0.4, 0.5) is 10.1 Å². The van der Waals surface area contributed by atoms with Crippen molar-refractivity contribution >= 4 is 29.1 Å². The normalized spacial score (nSPS) is 9.57. The predicted octanol–water partition coefficient (Wildman–Crippen LogP) is 0.903. The number of nitrogens with two attached hydrogens (primary N) is 1. The van der Waals surface area contributed by atoms with Crippen molar-refractivity contribution < 1.29 is 14.0 Å². The van der Waals surface area contributed by atoms with Crippen LogP contribution >= 0.6 is 11.6 Å². The molecule has 0 spiro atoms. The zero-order chi connectivity index (χ0) is 10.7. The number of hydrogen-bond donors (Lipinski definition) is 2. The van der Waals surface area contributed by atoms with Crippen LogP contribution < -0.4 is 11.1 Å². The highest BCUT2D eigenvalue weighted by molar-refractivity contribution is 6.39. The number of carbonyl (C=O) groups excluding carboxylic acids is 2. The Morgan fingerprint density at radius 1 is 1.43 bits per heavy atom. The van der Waals surface area contributed by atoms with Gasteiger partial charge in [-0.1, -0.05) is 11.6 Å². The molecule has 0 aliphatic rings. The minimum atomic E-state index is -1.18. The molecule has 74 valence electrons. The third kappa shape index (κ3) is 2.43. The standard InChI is InChI=1S/C8H6ClFN2O2/c9-4-1-2-6(5(10)3-4)12-8(14)7(11)13/h1-3H,(H2,11,13)(H,12,14). The average Bonchev–Trinajstić information content (AvgIpc) is 2.09. The van der Waals surface area contributed by atoms with E-state index in [9.17, 15) is 14.0 Å². The largest absolute Gasteiger partial charge is 0.361 e. The Balaban J connectivity index is 2.87. The number of benzene rings is 1. The van der Waals surface area contributed by atoms with Crippen molar-refractivity contribution in [3.63, 3.8) is 0 Å². The van der Waals surface area contributed by atoms with E-state index >= 15 is 0 Å². The fourth-order valence-electron chi connectivity index (χ4n) is 0.775. The molecule has 0 heterocycles. The zero-order valence-electron chi connectivity index (χ0n) is 6.88. The lowest BCUT2D eigenvalue weighted by Gasteiger charge is -2.03. The number of rotatable bonds is 1. The zero-order valence-corrected chi connectivity index (χ0v) is 7.64. The fraction of sp³-hybridized carbons (Fsp3) is 0. The highest BCUT2D eigenvalue weighted by Gasteiger charge is 2.11. The molecule has 0 aliphatic carbocycles. The van der Waals surface area contributed by atoms with E-state index in [1.54, 1.807) is 0 Å². The highest BCUT2D eigenvalue weighted by atomic mass is 35.5. The third-order valence-corrected chi connectivity index (χ3v) is 1.64. The van der Waals surface area contributed by atoms with Gasteiger partial charge in [0.15, 0.2) is 0 Å². The molecule has 0 saturated heterocycles. The number of anilines is 1. The Labute approximate surface area is 83.8 Å². The third-order valence-electron chi connectivity index (χ3n) is 1.40. The second-order valence-corrected chi connectivity index (χ2v) is 2.88. The summed E-state index contributed by atoms with van der Waals surface area (Å²) in [5, 5.41) is 2.18. The van der Waals surface area contributed by atoms with E-state index in [4.69, 9.17) is 11.6 Å². The van der Waals surface area contributed by atoms with Gasteiger partial charge in [-0.3, -0.25) is 9.59 Å². The minimum Gasteiger partial charge on any atom is -0.361 e. The number of hydrogen-bond acceptors (Lipinski definition) is 2. The summed E-state index contributed by atoms with van der Waals surface area (Å²) >= 11 is 5.47. The fourth-order valence-corrected chi connectivity index (χ4v) is 0.934. The first-order valence-electron chi connectivity index (χ1n) is 3.56. The second-order valence-electron chi connectivity index (χ2n) is 2.44. The van der Waals surface area contributed by atoms with E-state index < -0.39 is 17.6 Å². The maximum atomic E-state index is 13.0. The molecule has 2 amide bonds. The summed E-state index contributed by atoms with van der Waals surface area (Å²) < 4.78 is 13.0. The van der Waals surface area contributed by atoms with Crippen molar-refractivity contribution in [2.24, 2.45) is 5.73 Å². The van der Waals surface area contributed by atoms with Crippen molar-refractivity contribution in [2.75, 3.05) is 5.32 Å². The molecule has 6 heteroatoms. The SMILES string of the molecule is NC(=O)C(=O)Nc1ccc(Cl)cc1F. The number of nitrogens with one attached hydrogen (secondary N) is 1. The molecule has 4 nitrogen and oxygen atoms in total. The quantitative estimate of drug-likeness (QED) is 0.685. The second kappa shape index (κ2) is 4.06. The van der Waals surface area contributed by atoms with Crippen molar-refractivity contribution in [3.05, 3.63) is 29.0 Å². The van der Waals surface area contributed by atoms with Crippen LogP contribution in [0.2, 0.25) is 5.02 Å². The van der Waals surface area contributed by atoms with Crippen molar-refractivity contribution in [1.82, 2.24) is 0 Å². The molecule has 1 aromatic carbocycles. The molecule has 0 radical (unpaired) electrons. The van der Waals surface area contributed by atoms with Gasteiger partial charge in [0.2, 0.25) is 0 Å². The summed E-state index contributed by atoms with van der Waals surface area (Å²) in [7, 11) is 0. The maximum Gasteiger partial charge on any atom is 0.313 e. The van der Waals surface area contributed by atoms with Crippen molar-refractivity contribution in [2.45, 2.75) is 0 Å². The number of amides is 2. The van der Waals surface area contributed by atoms with E-state index in [-0.39, 0.29) is 10.7 Å². The van der Waals surface area contributed by atoms with Crippen LogP contribution in [0, 0.1) is 5.82 Å². The molecule has 3 N–H and O–H groups in total. The van der Waals surface area contributed by atoms with Gasteiger partial charge in [-0.25, -0.2) is 4.39 Å². The van der Waals surface area contributed by atoms with Gasteiger partial charge in [0.05, 0.1) is 5.69 Å².